The molecule has 0 aromatic heterocycles. The predicted octanol–water partition coefficient (Wildman–Crippen LogP) is 0.777. The third-order valence-corrected chi connectivity index (χ3v) is 3.84. The number of nitrogens with zero attached hydrogens (tertiary/aromatic N) is 2. The summed E-state index contributed by atoms with van der Waals surface area (Å²) in [7, 11) is 1.63. The molecule has 1 aromatic rings. The van der Waals surface area contributed by atoms with Crippen LogP contribution >= 0.6 is 0 Å². The van der Waals surface area contributed by atoms with Crippen LogP contribution in [0.3, 0.4) is 0 Å². The van der Waals surface area contributed by atoms with Gasteiger partial charge in [0.25, 0.3) is 0 Å². The molecule has 114 valence electrons. The van der Waals surface area contributed by atoms with Crippen molar-refractivity contribution in [3.8, 4) is 0 Å². The van der Waals surface area contributed by atoms with E-state index < -0.39 is 0 Å². The summed E-state index contributed by atoms with van der Waals surface area (Å²) in [5, 5.41) is 2.96. The fourth-order valence-corrected chi connectivity index (χ4v) is 2.33. The molecule has 0 unspecified atom stereocenters. The molecule has 0 radical (unpaired) electrons. The molecular weight excluding hydrogens is 273 g/mol. The van der Waals surface area contributed by atoms with Gasteiger partial charge in [-0.25, -0.2) is 4.39 Å². The van der Waals surface area contributed by atoms with Gasteiger partial charge in [-0.05, 0) is 13.0 Å². The second-order valence-electron chi connectivity index (χ2n) is 5.19. The summed E-state index contributed by atoms with van der Waals surface area (Å²) in [6.45, 7) is 3.28. The number of hydrogen-bond acceptors (Lipinski definition) is 3. The van der Waals surface area contributed by atoms with Gasteiger partial charge in [-0.3, -0.25) is 9.59 Å². The van der Waals surface area contributed by atoms with Crippen molar-refractivity contribution in [2.75, 3.05) is 33.2 Å². The molecule has 1 N–H and O–H groups in total. The van der Waals surface area contributed by atoms with Gasteiger partial charge in [-0.1, -0.05) is 18.2 Å². The Morgan fingerprint density at radius 2 is 2.19 bits per heavy atom. The van der Waals surface area contributed by atoms with E-state index in [-0.39, 0.29) is 36.8 Å². The Morgan fingerprint density at radius 1 is 1.48 bits per heavy atom. The van der Waals surface area contributed by atoms with Gasteiger partial charge in [-0.15, -0.1) is 0 Å². The highest BCUT2D eigenvalue weighted by Crippen LogP contribution is 2.21. The molecule has 2 rings (SSSR count). The first kappa shape index (κ1) is 15.4. The fraction of sp³-hybridized carbons (Fsp3) is 0.467. The molecule has 0 bridgehead atoms. The summed E-state index contributed by atoms with van der Waals surface area (Å²) < 4.78 is 13.8. The molecule has 1 saturated heterocycles. The first-order valence-corrected chi connectivity index (χ1v) is 6.99. The van der Waals surface area contributed by atoms with Crippen molar-refractivity contribution in [3.05, 3.63) is 35.6 Å². The molecule has 6 heteroatoms. The smallest absolute Gasteiger partial charge is 0.242 e. The van der Waals surface area contributed by atoms with Crippen LogP contribution in [0.1, 0.15) is 18.5 Å². The highest BCUT2D eigenvalue weighted by molar-refractivity contribution is 5.86. The first-order valence-electron chi connectivity index (χ1n) is 6.99. The standard InChI is InChI=1S/C15H20FN3O2/c1-11(12-5-3-4-6-13(12)16)18(2)15(21)10-19-8-7-17-9-14(19)20/h3-6,11,17H,7-10H2,1-2H3/t11-/m0/s1. The lowest BCUT2D eigenvalue weighted by Gasteiger charge is -2.31. The summed E-state index contributed by atoms with van der Waals surface area (Å²) in [5.41, 5.74) is 0.472. The van der Waals surface area contributed by atoms with Crippen molar-refractivity contribution in [1.82, 2.24) is 15.1 Å². The number of nitrogens with one attached hydrogen (secondary N) is 1. The molecule has 1 fully saturated rings. The van der Waals surface area contributed by atoms with Crippen LogP contribution < -0.4 is 5.32 Å². The second-order valence-corrected chi connectivity index (χ2v) is 5.19. The summed E-state index contributed by atoms with van der Waals surface area (Å²) >= 11 is 0. The number of halogens is 1. The predicted molar refractivity (Wildman–Crippen MR) is 77.0 cm³/mol. The van der Waals surface area contributed by atoms with Crippen molar-refractivity contribution in [2.24, 2.45) is 0 Å². The number of carbonyl (C=O) groups is 2. The Bertz CT molecular complexity index is 535. The van der Waals surface area contributed by atoms with Crippen molar-refractivity contribution >= 4 is 11.8 Å². The van der Waals surface area contributed by atoms with Gasteiger partial charge in [0.2, 0.25) is 11.8 Å². The van der Waals surface area contributed by atoms with Gasteiger partial charge < -0.3 is 15.1 Å². The lowest BCUT2D eigenvalue weighted by molar-refractivity contribution is -0.141. The first-order chi connectivity index (χ1) is 10.0. The van der Waals surface area contributed by atoms with E-state index in [4.69, 9.17) is 0 Å². The summed E-state index contributed by atoms with van der Waals surface area (Å²) in [6.07, 6.45) is 0. The molecule has 0 spiro atoms. The van der Waals surface area contributed by atoms with E-state index in [1.807, 2.05) is 0 Å². The SMILES string of the molecule is C[C@@H](c1ccccc1F)N(C)C(=O)CN1CCNCC1=O. The third kappa shape index (κ3) is 3.58. The number of benzene rings is 1. The van der Waals surface area contributed by atoms with Crippen LogP contribution in [0.5, 0.6) is 0 Å². The van der Waals surface area contributed by atoms with Crippen molar-refractivity contribution in [1.29, 1.82) is 0 Å². The van der Waals surface area contributed by atoms with Gasteiger partial charge >= 0.3 is 0 Å². The lowest BCUT2D eigenvalue weighted by Crippen LogP contribution is -2.51. The maximum Gasteiger partial charge on any atom is 0.242 e. The minimum atomic E-state index is -0.378. The Morgan fingerprint density at radius 3 is 2.86 bits per heavy atom. The zero-order valence-corrected chi connectivity index (χ0v) is 12.3. The number of piperazine rings is 1. The van der Waals surface area contributed by atoms with E-state index in [0.717, 1.165) is 0 Å². The maximum absolute atomic E-state index is 13.8. The minimum absolute atomic E-state index is 0.0375. The van der Waals surface area contributed by atoms with Crippen LogP contribution in [0, 0.1) is 5.82 Å². The second kappa shape index (κ2) is 6.67. The Kier molecular flexibility index (Phi) is 4.90. The van der Waals surface area contributed by atoms with E-state index >= 15 is 0 Å². The Balaban J connectivity index is 2.01. The highest BCUT2D eigenvalue weighted by atomic mass is 19.1. The van der Waals surface area contributed by atoms with Crippen LogP contribution in [0.4, 0.5) is 4.39 Å². The third-order valence-electron chi connectivity index (χ3n) is 3.84. The zero-order valence-electron chi connectivity index (χ0n) is 12.3. The maximum atomic E-state index is 13.8. The van der Waals surface area contributed by atoms with E-state index in [9.17, 15) is 14.0 Å². The van der Waals surface area contributed by atoms with Crippen LogP contribution in [0.15, 0.2) is 24.3 Å². The van der Waals surface area contributed by atoms with Crippen molar-refractivity contribution in [2.45, 2.75) is 13.0 Å². The van der Waals surface area contributed by atoms with Gasteiger partial charge in [0, 0.05) is 25.7 Å². The van der Waals surface area contributed by atoms with Gasteiger partial charge in [0.15, 0.2) is 0 Å². The van der Waals surface area contributed by atoms with Crippen molar-refractivity contribution in [3.63, 3.8) is 0 Å². The Hall–Kier alpha value is -1.95. The van der Waals surface area contributed by atoms with Crippen LogP contribution in [0.2, 0.25) is 0 Å². The number of amides is 2. The average Bonchev–Trinajstić information content (AvgIpc) is 2.48. The van der Waals surface area contributed by atoms with Crippen LogP contribution in [-0.2, 0) is 9.59 Å². The summed E-state index contributed by atoms with van der Waals surface area (Å²) in [5.74, 6) is -0.606. The molecule has 0 saturated carbocycles. The van der Waals surface area contributed by atoms with E-state index in [0.29, 0.717) is 18.7 Å². The van der Waals surface area contributed by atoms with Crippen LogP contribution in [-0.4, -0.2) is 54.8 Å². The molecule has 1 heterocycles. The molecule has 1 aliphatic heterocycles. The summed E-state index contributed by atoms with van der Waals surface area (Å²) in [6, 6.07) is 6.03. The quantitative estimate of drug-likeness (QED) is 0.892. The molecule has 1 aromatic carbocycles. The van der Waals surface area contributed by atoms with Gasteiger partial charge in [0.05, 0.1) is 19.1 Å². The van der Waals surface area contributed by atoms with E-state index in [2.05, 4.69) is 5.32 Å². The van der Waals surface area contributed by atoms with Crippen LogP contribution in [0.25, 0.3) is 0 Å². The molecule has 1 aliphatic rings. The molecule has 0 aliphatic carbocycles. The summed E-state index contributed by atoms with van der Waals surface area (Å²) in [4.78, 5) is 27.0. The highest BCUT2D eigenvalue weighted by Gasteiger charge is 2.25. The Labute approximate surface area is 123 Å². The zero-order chi connectivity index (χ0) is 15.4. The lowest BCUT2D eigenvalue weighted by atomic mass is 10.1. The number of hydrogen-bond donors (Lipinski definition) is 1. The molecule has 21 heavy (non-hydrogen) atoms. The minimum Gasteiger partial charge on any atom is -0.337 e. The molecular formula is C15H20FN3O2. The monoisotopic (exact) mass is 293 g/mol. The number of rotatable bonds is 4. The van der Waals surface area contributed by atoms with E-state index in [1.54, 1.807) is 32.2 Å². The topological polar surface area (TPSA) is 52.7 Å². The average molecular weight is 293 g/mol. The van der Waals surface area contributed by atoms with E-state index in [1.165, 1.54) is 15.9 Å². The van der Waals surface area contributed by atoms with Crippen molar-refractivity contribution < 1.29 is 14.0 Å². The largest absolute Gasteiger partial charge is 0.337 e. The molecule has 5 nitrogen and oxygen atoms in total. The number of likely N-dealkylation sites (N-methyl/N-ethyl adjacent to an activating group) is 1. The van der Waals surface area contributed by atoms with Gasteiger partial charge in [0.1, 0.15) is 5.82 Å². The molecule has 1 atom stereocenters. The fourth-order valence-electron chi connectivity index (χ4n) is 2.33. The number of carbonyl (C=O) groups excluding carboxylic acids is 2. The normalized spacial score (nSPS) is 16.7. The van der Waals surface area contributed by atoms with Gasteiger partial charge in [-0.2, -0.15) is 0 Å². The molecule has 2 amide bonds.